The summed E-state index contributed by atoms with van der Waals surface area (Å²) in [6.45, 7) is 0. The summed E-state index contributed by atoms with van der Waals surface area (Å²) in [5.41, 5.74) is 4.03. The highest BCUT2D eigenvalue weighted by Crippen LogP contribution is 2.20. The third-order valence-electron chi connectivity index (χ3n) is 3.39. The Morgan fingerprint density at radius 3 is 2.30 bits per heavy atom. The van der Waals surface area contributed by atoms with Crippen LogP contribution in [0.4, 0.5) is 17.1 Å². The molecule has 0 aromatic heterocycles. The molecule has 3 aromatic carbocycles. The van der Waals surface area contributed by atoms with E-state index in [0.29, 0.717) is 0 Å². The summed E-state index contributed by atoms with van der Waals surface area (Å²) >= 11 is 0. The molecule has 0 aliphatic rings. The summed E-state index contributed by atoms with van der Waals surface area (Å²) in [5.74, 6) is 0.830. The molecule has 0 atom stereocenters. The normalized spacial score (nSPS) is 10.7. The minimum absolute atomic E-state index is 0.830. The first-order valence-corrected chi connectivity index (χ1v) is 7.44. The van der Waals surface area contributed by atoms with Crippen molar-refractivity contribution in [3.63, 3.8) is 0 Å². The van der Waals surface area contributed by atoms with Crippen LogP contribution in [0.3, 0.4) is 0 Å². The van der Waals surface area contributed by atoms with E-state index in [1.807, 2.05) is 85.1 Å². The number of nitrogens with zero attached hydrogens (tertiary/aromatic N) is 1. The van der Waals surface area contributed by atoms with Crippen LogP contribution in [0.1, 0.15) is 5.56 Å². The molecule has 3 aromatic rings. The number of methoxy groups -OCH3 is 1. The first-order chi connectivity index (χ1) is 11.3. The van der Waals surface area contributed by atoms with Gasteiger partial charge in [-0.15, -0.1) is 0 Å². The summed E-state index contributed by atoms with van der Waals surface area (Å²) in [5, 5.41) is 3.35. The molecule has 0 saturated heterocycles. The van der Waals surface area contributed by atoms with Crippen LogP contribution in [0.15, 0.2) is 83.9 Å². The van der Waals surface area contributed by atoms with Gasteiger partial charge in [-0.05, 0) is 54.1 Å². The Hall–Kier alpha value is -3.07. The zero-order chi connectivity index (χ0) is 15.9. The Kier molecular flexibility index (Phi) is 4.69. The van der Waals surface area contributed by atoms with Crippen molar-refractivity contribution < 1.29 is 4.74 Å². The average Bonchev–Trinajstić information content (AvgIpc) is 2.62. The molecule has 0 radical (unpaired) electrons. The minimum Gasteiger partial charge on any atom is -0.497 e. The molecular weight excluding hydrogens is 284 g/mol. The topological polar surface area (TPSA) is 33.6 Å². The third-order valence-corrected chi connectivity index (χ3v) is 3.39. The lowest BCUT2D eigenvalue weighted by Gasteiger charge is -2.06. The van der Waals surface area contributed by atoms with E-state index < -0.39 is 0 Å². The number of aliphatic imine (C=N–C) groups is 1. The Morgan fingerprint density at radius 2 is 1.57 bits per heavy atom. The maximum absolute atomic E-state index is 5.21. The number of ether oxygens (including phenoxy) is 1. The van der Waals surface area contributed by atoms with Gasteiger partial charge in [0, 0.05) is 17.6 Å². The van der Waals surface area contributed by atoms with Crippen LogP contribution in [0.25, 0.3) is 0 Å². The molecule has 3 heteroatoms. The lowest BCUT2D eigenvalue weighted by molar-refractivity contribution is 0.415. The van der Waals surface area contributed by atoms with Crippen LogP contribution in [-0.4, -0.2) is 13.3 Å². The molecule has 0 aliphatic heterocycles. The van der Waals surface area contributed by atoms with Gasteiger partial charge in [0.05, 0.1) is 12.8 Å². The summed E-state index contributed by atoms with van der Waals surface area (Å²) in [6.07, 6.45) is 1.84. The van der Waals surface area contributed by atoms with Crippen LogP contribution in [-0.2, 0) is 0 Å². The number of nitrogens with one attached hydrogen (secondary N) is 1. The Bertz CT molecular complexity index is 780. The molecule has 3 nitrogen and oxygen atoms in total. The molecule has 3 rings (SSSR count). The largest absolute Gasteiger partial charge is 0.497 e. The molecule has 0 saturated carbocycles. The zero-order valence-electron chi connectivity index (χ0n) is 12.9. The van der Waals surface area contributed by atoms with E-state index in [-0.39, 0.29) is 0 Å². The van der Waals surface area contributed by atoms with Gasteiger partial charge in [0.15, 0.2) is 0 Å². The lowest BCUT2D eigenvalue weighted by atomic mass is 10.2. The van der Waals surface area contributed by atoms with E-state index in [4.69, 9.17) is 4.74 Å². The molecule has 0 spiro atoms. The van der Waals surface area contributed by atoms with Gasteiger partial charge < -0.3 is 10.1 Å². The number of anilines is 2. The fraction of sp³-hybridized carbons (Fsp3) is 0.0500. The summed E-state index contributed by atoms with van der Waals surface area (Å²) in [7, 11) is 1.66. The van der Waals surface area contributed by atoms with Crippen LogP contribution in [0.2, 0.25) is 0 Å². The second-order valence-corrected chi connectivity index (χ2v) is 5.07. The second kappa shape index (κ2) is 7.27. The van der Waals surface area contributed by atoms with Gasteiger partial charge in [-0.1, -0.05) is 30.3 Å². The van der Waals surface area contributed by atoms with E-state index in [2.05, 4.69) is 10.3 Å². The van der Waals surface area contributed by atoms with Crippen LogP contribution in [0.5, 0.6) is 5.75 Å². The Morgan fingerprint density at radius 1 is 0.826 bits per heavy atom. The molecule has 0 heterocycles. The summed E-state index contributed by atoms with van der Waals surface area (Å²) < 4.78 is 5.21. The predicted octanol–water partition coefficient (Wildman–Crippen LogP) is 5.19. The average molecular weight is 302 g/mol. The van der Waals surface area contributed by atoms with Crippen LogP contribution < -0.4 is 10.1 Å². The highest BCUT2D eigenvalue weighted by atomic mass is 16.5. The van der Waals surface area contributed by atoms with E-state index in [9.17, 15) is 0 Å². The number of rotatable bonds is 5. The lowest BCUT2D eigenvalue weighted by Crippen LogP contribution is -1.88. The van der Waals surface area contributed by atoms with Crippen molar-refractivity contribution in [2.24, 2.45) is 4.99 Å². The second-order valence-electron chi connectivity index (χ2n) is 5.07. The first-order valence-electron chi connectivity index (χ1n) is 7.44. The molecule has 0 unspecified atom stereocenters. The highest BCUT2D eigenvalue weighted by molar-refractivity contribution is 5.82. The van der Waals surface area contributed by atoms with E-state index in [1.165, 1.54) is 0 Å². The zero-order valence-corrected chi connectivity index (χ0v) is 12.9. The monoisotopic (exact) mass is 302 g/mol. The van der Waals surface area contributed by atoms with Gasteiger partial charge in [-0.3, -0.25) is 4.99 Å². The quantitative estimate of drug-likeness (QED) is 0.658. The molecule has 1 N–H and O–H groups in total. The van der Waals surface area contributed by atoms with Gasteiger partial charge >= 0.3 is 0 Å². The number of para-hydroxylation sites is 1. The van der Waals surface area contributed by atoms with Crippen molar-refractivity contribution in [3.05, 3.63) is 84.4 Å². The van der Waals surface area contributed by atoms with E-state index in [1.54, 1.807) is 7.11 Å². The molecule has 114 valence electrons. The summed E-state index contributed by atoms with van der Waals surface area (Å²) in [6, 6.07) is 25.9. The maximum atomic E-state index is 5.21. The standard InChI is InChI=1S/C20H18N2O/c1-23-20-9-5-6-16(14-20)15-21-17-10-12-19(13-11-17)22-18-7-3-2-4-8-18/h2-15,22H,1H3. The van der Waals surface area contributed by atoms with Gasteiger partial charge in [-0.25, -0.2) is 0 Å². The van der Waals surface area contributed by atoms with Gasteiger partial charge in [0.1, 0.15) is 5.75 Å². The third kappa shape index (κ3) is 4.20. The predicted molar refractivity (Wildman–Crippen MR) is 96.4 cm³/mol. The van der Waals surface area contributed by atoms with E-state index >= 15 is 0 Å². The fourth-order valence-electron chi connectivity index (χ4n) is 2.19. The maximum Gasteiger partial charge on any atom is 0.119 e. The molecule has 0 amide bonds. The van der Waals surface area contributed by atoms with Crippen LogP contribution >= 0.6 is 0 Å². The first kappa shape index (κ1) is 14.9. The van der Waals surface area contributed by atoms with Gasteiger partial charge in [0.25, 0.3) is 0 Å². The SMILES string of the molecule is COc1cccc(C=Nc2ccc(Nc3ccccc3)cc2)c1. The number of benzene rings is 3. The van der Waals surface area contributed by atoms with Crippen molar-refractivity contribution in [1.29, 1.82) is 0 Å². The molecule has 0 fully saturated rings. The van der Waals surface area contributed by atoms with Crippen molar-refractivity contribution in [2.45, 2.75) is 0 Å². The Labute approximate surface area is 136 Å². The number of hydrogen-bond donors (Lipinski definition) is 1. The van der Waals surface area contributed by atoms with Crippen molar-refractivity contribution in [2.75, 3.05) is 12.4 Å². The number of hydrogen-bond acceptors (Lipinski definition) is 3. The molecule has 23 heavy (non-hydrogen) atoms. The van der Waals surface area contributed by atoms with E-state index in [0.717, 1.165) is 28.4 Å². The summed E-state index contributed by atoms with van der Waals surface area (Å²) in [4.78, 5) is 4.49. The van der Waals surface area contributed by atoms with Crippen LogP contribution in [0, 0.1) is 0 Å². The van der Waals surface area contributed by atoms with Gasteiger partial charge in [-0.2, -0.15) is 0 Å². The molecule has 0 aliphatic carbocycles. The highest BCUT2D eigenvalue weighted by Gasteiger charge is 1.95. The van der Waals surface area contributed by atoms with Crippen molar-refractivity contribution in [3.8, 4) is 5.75 Å². The smallest absolute Gasteiger partial charge is 0.119 e. The fourth-order valence-corrected chi connectivity index (χ4v) is 2.19. The van der Waals surface area contributed by atoms with Crippen molar-refractivity contribution >= 4 is 23.3 Å². The van der Waals surface area contributed by atoms with Gasteiger partial charge in [0.2, 0.25) is 0 Å². The molecule has 0 bridgehead atoms. The Balaban J connectivity index is 1.68. The minimum atomic E-state index is 0.830. The molecular formula is C20H18N2O. The van der Waals surface area contributed by atoms with Crippen molar-refractivity contribution in [1.82, 2.24) is 0 Å².